The summed E-state index contributed by atoms with van der Waals surface area (Å²) in [5.74, 6) is 2.11. The van der Waals surface area contributed by atoms with Crippen molar-refractivity contribution in [3.8, 4) is 0 Å². The SMILES string of the molecule is CC1(OC(=O)COC(=O)C(C)(I)C23NI2N3)CC2CCC3C2C31. The van der Waals surface area contributed by atoms with E-state index in [2.05, 4.69) is 36.6 Å². The van der Waals surface area contributed by atoms with Gasteiger partial charge in [0.25, 0.3) is 0 Å². The van der Waals surface area contributed by atoms with Crippen molar-refractivity contribution >= 4 is 54.9 Å². The van der Waals surface area contributed by atoms with E-state index in [1.165, 1.54) is 12.8 Å². The molecule has 0 bridgehead atoms. The van der Waals surface area contributed by atoms with E-state index in [4.69, 9.17) is 9.47 Å². The first kappa shape index (κ1) is 15.6. The zero-order chi connectivity index (χ0) is 16.2. The van der Waals surface area contributed by atoms with Crippen LogP contribution in [0.4, 0.5) is 0 Å². The molecule has 0 radical (unpaired) electrons. The molecule has 6 atom stereocenters. The van der Waals surface area contributed by atoms with Crippen molar-refractivity contribution in [2.75, 3.05) is 6.61 Å². The van der Waals surface area contributed by atoms with Crippen LogP contribution in [0.1, 0.15) is 33.1 Å². The van der Waals surface area contributed by atoms with Crippen molar-refractivity contribution in [3.63, 3.8) is 0 Å². The molecular weight excluding hydrogens is 526 g/mol. The minimum absolute atomic E-state index is 0.170. The van der Waals surface area contributed by atoms with Crippen LogP contribution in [0.25, 0.3) is 0 Å². The van der Waals surface area contributed by atoms with Gasteiger partial charge in [-0.2, -0.15) is 0 Å². The summed E-state index contributed by atoms with van der Waals surface area (Å²) in [6.07, 6.45) is 3.56. The van der Waals surface area contributed by atoms with Crippen molar-refractivity contribution in [1.82, 2.24) is 7.06 Å². The van der Waals surface area contributed by atoms with Crippen LogP contribution in [-0.2, 0) is 19.1 Å². The van der Waals surface area contributed by atoms with E-state index < -0.39 is 29.8 Å². The monoisotopic (exact) mass is 546 g/mol. The Kier molecular flexibility index (Phi) is 3.07. The van der Waals surface area contributed by atoms with Gasteiger partial charge in [-0.3, -0.25) is 0 Å². The van der Waals surface area contributed by atoms with Crippen LogP contribution in [0.5, 0.6) is 0 Å². The Morgan fingerprint density at radius 2 is 2.09 bits per heavy atom. The van der Waals surface area contributed by atoms with Crippen LogP contribution in [0.15, 0.2) is 0 Å². The molecule has 3 saturated carbocycles. The second-order valence-electron chi connectivity index (χ2n) is 7.81. The fraction of sp³-hybridized carbons (Fsp3) is 0.867. The zero-order valence-corrected chi connectivity index (χ0v) is 17.3. The Morgan fingerprint density at radius 1 is 1.39 bits per heavy atom. The summed E-state index contributed by atoms with van der Waals surface area (Å²) in [5, 5.41) is 0. The molecule has 8 heteroatoms. The number of alkyl halides is 2. The van der Waals surface area contributed by atoms with Crippen LogP contribution in [0.3, 0.4) is 0 Å². The predicted octanol–water partition coefficient (Wildman–Crippen LogP) is 1.90. The van der Waals surface area contributed by atoms with Gasteiger partial charge in [0.05, 0.1) is 0 Å². The van der Waals surface area contributed by atoms with E-state index >= 15 is 0 Å². The standard InChI is InChI=1S/C15H20I2N2O4/c1-13(5-7-3-4-8-10(7)11(8)13)23-9(20)6-22-12(21)14(2,16)15-17(18-15)19-15/h7-8,10-11,18-19H,3-6H2,1-2H3. The molecule has 6 unspecified atom stereocenters. The summed E-state index contributed by atoms with van der Waals surface area (Å²) in [5.41, 5.74) is -0.332. The van der Waals surface area contributed by atoms with Gasteiger partial charge in [0.15, 0.2) is 0 Å². The van der Waals surface area contributed by atoms with Crippen LogP contribution in [0, 0.1) is 23.7 Å². The first-order valence-electron chi connectivity index (χ1n) is 8.12. The molecule has 0 aromatic carbocycles. The minimum atomic E-state index is -1.22. The second-order valence-corrected chi connectivity index (χ2v) is 14.3. The number of carbonyl (C=O) groups is 2. The van der Waals surface area contributed by atoms with Crippen LogP contribution in [0.2, 0.25) is 0 Å². The molecule has 0 aromatic rings. The maximum absolute atomic E-state index is 12.3. The molecule has 0 amide bonds. The predicted molar refractivity (Wildman–Crippen MR) is 98.7 cm³/mol. The molecule has 0 spiro atoms. The third kappa shape index (κ3) is 2.03. The van der Waals surface area contributed by atoms with Crippen LogP contribution in [-0.4, -0.2) is 31.2 Å². The van der Waals surface area contributed by atoms with Crippen molar-refractivity contribution in [2.24, 2.45) is 23.7 Å². The number of hydrogen-bond acceptors (Lipinski definition) is 6. The van der Waals surface area contributed by atoms with Crippen molar-refractivity contribution in [3.05, 3.63) is 0 Å². The van der Waals surface area contributed by atoms with Gasteiger partial charge in [-0.05, 0) is 0 Å². The third-order valence-corrected chi connectivity index (χ3v) is 13.5. The molecule has 2 saturated heterocycles. The number of esters is 2. The molecule has 23 heavy (non-hydrogen) atoms. The van der Waals surface area contributed by atoms with E-state index in [9.17, 15) is 9.59 Å². The van der Waals surface area contributed by atoms with E-state index in [0.29, 0.717) is 5.92 Å². The average Bonchev–Trinajstić information content (AvgIpc) is 3.33. The van der Waals surface area contributed by atoms with E-state index in [1.54, 1.807) is 0 Å². The molecule has 0 aromatic heterocycles. The number of halogens is 2. The first-order chi connectivity index (χ1) is 10.8. The molecule has 2 heterocycles. The van der Waals surface area contributed by atoms with E-state index in [0.717, 1.165) is 24.2 Å². The van der Waals surface area contributed by atoms with Gasteiger partial charge in [-0.25, -0.2) is 0 Å². The molecule has 5 fully saturated rings. The van der Waals surface area contributed by atoms with E-state index in [1.807, 2.05) is 6.92 Å². The number of rotatable bonds is 5. The molecule has 5 rings (SSSR count). The quantitative estimate of drug-likeness (QED) is 0.137. The number of ether oxygens (including phenoxy) is 2. The fourth-order valence-electron chi connectivity index (χ4n) is 5.15. The summed E-state index contributed by atoms with van der Waals surface area (Å²) >= 11 is 0.901. The summed E-state index contributed by atoms with van der Waals surface area (Å²) in [7, 11) is 0. The van der Waals surface area contributed by atoms with Gasteiger partial charge < -0.3 is 0 Å². The van der Waals surface area contributed by atoms with Crippen LogP contribution >= 0.6 is 43.0 Å². The summed E-state index contributed by atoms with van der Waals surface area (Å²) in [4.78, 5) is 24.5. The van der Waals surface area contributed by atoms with Gasteiger partial charge in [0, 0.05) is 0 Å². The van der Waals surface area contributed by atoms with Crippen molar-refractivity contribution < 1.29 is 19.1 Å². The Morgan fingerprint density at radius 3 is 2.65 bits per heavy atom. The molecule has 5 aliphatic rings. The number of carbonyl (C=O) groups excluding carboxylic acids is 2. The van der Waals surface area contributed by atoms with Crippen molar-refractivity contribution in [2.45, 2.75) is 45.8 Å². The number of nitrogens with one attached hydrogen (secondary N) is 2. The zero-order valence-electron chi connectivity index (χ0n) is 13.0. The van der Waals surface area contributed by atoms with Gasteiger partial charge in [0.2, 0.25) is 0 Å². The molecule has 2 aliphatic heterocycles. The number of hydrogen-bond donors (Lipinski definition) is 2. The Balaban J connectivity index is 1.16. The Bertz CT molecular complexity index is 621. The fourth-order valence-corrected chi connectivity index (χ4v) is 12.9. The van der Waals surface area contributed by atoms with Crippen molar-refractivity contribution in [1.29, 1.82) is 0 Å². The topological polar surface area (TPSA) is 96.5 Å². The summed E-state index contributed by atoms with van der Waals surface area (Å²) in [6, 6.07) is 0. The van der Waals surface area contributed by atoms with Crippen LogP contribution < -0.4 is 7.06 Å². The molecule has 128 valence electrons. The molecule has 2 N–H and O–H groups in total. The third-order valence-electron chi connectivity index (χ3n) is 6.38. The molecule has 6 nitrogen and oxygen atoms in total. The van der Waals surface area contributed by atoms with Gasteiger partial charge in [-0.1, -0.05) is 0 Å². The average molecular weight is 546 g/mol. The molecule has 3 aliphatic carbocycles. The summed E-state index contributed by atoms with van der Waals surface area (Å²) < 4.78 is 16.9. The van der Waals surface area contributed by atoms with Gasteiger partial charge in [0.1, 0.15) is 0 Å². The van der Waals surface area contributed by atoms with Gasteiger partial charge in [-0.15, -0.1) is 0 Å². The van der Waals surface area contributed by atoms with E-state index in [-0.39, 0.29) is 21.8 Å². The van der Waals surface area contributed by atoms with Gasteiger partial charge >= 0.3 is 157 Å². The maximum atomic E-state index is 12.3. The normalized spacial score (nSPS) is 47.2. The Hall–Kier alpha value is 0.320. The number of fused-ring (bicyclic) bond motifs is 2. The summed E-state index contributed by atoms with van der Waals surface area (Å²) in [6.45, 7) is 3.65. The first-order valence-corrected chi connectivity index (χ1v) is 12.4. The molecular formula is C15H20I2N2O4. The Labute approximate surface area is 156 Å². The second kappa shape index (κ2) is 4.53.